The van der Waals surface area contributed by atoms with Crippen molar-refractivity contribution in [2.75, 3.05) is 0 Å². The molecule has 3 heterocycles. The zero-order chi connectivity index (χ0) is 14.7. The Balaban J connectivity index is 1.68. The van der Waals surface area contributed by atoms with Crippen molar-refractivity contribution in [3.63, 3.8) is 0 Å². The van der Waals surface area contributed by atoms with Crippen LogP contribution in [0.1, 0.15) is 16.1 Å². The molecule has 3 aromatic rings. The number of furan rings is 1. The van der Waals surface area contributed by atoms with Crippen LogP contribution in [0.3, 0.4) is 0 Å². The van der Waals surface area contributed by atoms with E-state index in [0.717, 1.165) is 16.1 Å². The van der Waals surface area contributed by atoms with Gasteiger partial charge in [-0.1, -0.05) is 6.07 Å². The molecule has 0 atom stereocenters. The van der Waals surface area contributed by atoms with Crippen molar-refractivity contribution in [2.45, 2.75) is 6.54 Å². The highest BCUT2D eigenvalue weighted by atomic mass is 79.9. The first-order valence-corrected chi connectivity index (χ1v) is 7.92. The number of nitrogens with zero attached hydrogens (tertiary/aromatic N) is 1. The summed E-state index contributed by atoms with van der Waals surface area (Å²) in [6, 6.07) is 11.2. The number of pyridine rings is 1. The molecular weight excluding hydrogens is 352 g/mol. The fraction of sp³-hybridized carbons (Fsp3) is 0.0667. The fourth-order valence-electron chi connectivity index (χ4n) is 1.85. The maximum absolute atomic E-state index is 11.9. The average Bonchev–Trinajstić information content (AvgIpc) is 3.16. The van der Waals surface area contributed by atoms with E-state index in [0.29, 0.717) is 11.2 Å². The molecule has 0 aromatic carbocycles. The number of hydrogen-bond donors (Lipinski definition) is 1. The fourth-order valence-corrected chi connectivity index (χ4v) is 2.85. The summed E-state index contributed by atoms with van der Waals surface area (Å²) in [5.41, 5.74) is 1.91. The first kappa shape index (κ1) is 14.0. The Morgan fingerprint density at radius 2 is 2.24 bits per heavy atom. The molecule has 21 heavy (non-hydrogen) atoms. The summed E-state index contributed by atoms with van der Waals surface area (Å²) >= 11 is 4.81. The zero-order valence-electron chi connectivity index (χ0n) is 10.9. The molecule has 3 rings (SSSR count). The smallest absolute Gasteiger partial charge is 0.287 e. The van der Waals surface area contributed by atoms with E-state index in [1.807, 2.05) is 29.6 Å². The largest absolute Gasteiger partial charge is 0.444 e. The summed E-state index contributed by atoms with van der Waals surface area (Å²) in [6.07, 6.45) is 1.75. The maximum Gasteiger partial charge on any atom is 0.287 e. The van der Waals surface area contributed by atoms with E-state index in [1.54, 1.807) is 29.7 Å². The van der Waals surface area contributed by atoms with Gasteiger partial charge in [0.1, 0.15) is 0 Å². The first-order chi connectivity index (χ1) is 10.2. The van der Waals surface area contributed by atoms with Gasteiger partial charge in [0.05, 0.1) is 10.6 Å². The van der Waals surface area contributed by atoms with E-state index in [1.165, 1.54) is 0 Å². The summed E-state index contributed by atoms with van der Waals surface area (Å²) in [5.74, 6) is 0.0459. The van der Waals surface area contributed by atoms with Crippen LogP contribution in [0.2, 0.25) is 0 Å². The number of thiophene rings is 1. The number of nitrogens with one attached hydrogen (secondary N) is 1. The molecule has 106 valence electrons. The van der Waals surface area contributed by atoms with Crippen LogP contribution in [0, 0.1) is 0 Å². The highest BCUT2D eigenvalue weighted by molar-refractivity contribution is 9.10. The zero-order valence-corrected chi connectivity index (χ0v) is 13.3. The minimum absolute atomic E-state index is 0.241. The van der Waals surface area contributed by atoms with Gasteiger partial charge in [-0.3, -0.25) is 9.78 Å². The van der Waals surface area contributed by atoms with E-state index in [-0.39, 0.29) is 11.7 Å². The second-order valence-electron chi connectivity index (χ2n) is 4.31. The molecule has 1 N–H and O–H groups in total. The third-order valence-corrected chi connectivity index (χ3v) is 4.17. The van der Waals surface area contributed by atoms with Gasteiger partial charge in [-0.25, -0.2) is 0 Å². The Labute approximate surface area is 134 Å². The van der Waals surface area contributed by atoms with Gasteiger partial charge in [-0.15, -0.1) is 11.3 Å². The van der Waals surface area contributed by atoms with Crippen LogP contribution >= 0.6 is 27.3 Å². The first-order valence-electron chi connectivity index (χ1n) is 6.25. The molecule has 0 unspecified atom stereocenters. The quantitative estimate of drug-likeness (QED) is 0.760. The highest BCUT2D eigenvalue weighted by Crippen LogP contribution is 2.23. The lowest BCUT2D eigenvalue weighted by Gasteiger charge is -2.05. The third kappa shape index (κ3) is 3.40. The molecule has 6 heteroatoms. The van der Waals surface area contributed by atoms with Gasteiger partial charge in [-0.2, -0.15) is 0 Å². The number of amides is 1. The number of halogens is 1. The van der Waals surface area contributed by atoms with E-state index in [4.69, 9.17) is 4.42 Å². The summed E-state index contributed by atoms with van der Waals surface area (Å²) in [4.78, 5) is 17.4. The Hall–Kier alpha value is -1.92. The molecule has 0 spiro atoms. The van der Waals surface area contributed by atoms with E-state index in [9.17, 15) is 4.79 Å². The van der Waals surface area contributed by atoms with Crippen LogP contribution in [0.4, 0.5) is 0 Å². The average molecular weight is 363 g/mol. The van der Waals surface area contributed by atoms with Gasteiger partial charge >= 0.3 is 0 Å². The van der Waals surface area contributed by atoms with E-state index in [2.05, 4.69) is 26.2 Å². The van der Waals surface area contributed by atoms with Crippen molar-refractivity contribution in [1.29, 1.82) is 0 Å². The second-order valence-corrected chi connectivity index (χ2v) is 6.04. The predicted molar refractivity (Wildman–Crippen MR) is 85.1 cm³/mol. The molecule has 0 bridgehead atoms. The van der Waals surface area contributed by atoms with Gasteiger partial charge < -0.3 is 9.73 Å². The van der Waals surface area contributed by atoms with Crippen molar-refractivity contribution in [2.24, 2.45) is 0 Å². The number of carbonyl (C=O) groups excluding carboxylic acids is 1. The van der Waals surface area contributed by atoms with Gasteiger partial charge in [0.15, 0.2) is 10.4 Å². The normalized spacial score (nSPS) is 10.5. The van der Waals surface area contributed by atoms with Gasteiger partial charge in [-0.05, 0) is 57.2 Å². The van der Waals surface area contributed by atoms with Crippen LogP contribution in [-0.2, 0) is 6.54 Å². The Bertz CT molecular complexity index is 753. The molecule has 0 saturated heterocycles. The Morgan fingerprint density at radius 1 is 1.33 bits per heavy atom. The van der Waals surface area contributed by atoms with Crippen molar-refractivity contribution in [3.05, 3.63) is 64.0 Å². The van der Waals surface area contributed by atoms with Crippen molar-refractivity contribution in [1.82, 2.24) is 10.3 Å². The van der Waals surface area contributed by atoms with Crippen LogP contribution in [0.5, 0.6) is 0 Å². The minimum Gasteiger partial charge on any atom is -0.444 e. The van der Waals surface area contributed by atoms with Gasteiger partial charge in [0, 0.05) is 12.7 Å². The lowest BCUT2D eigenvalue weighted by molar-refractivity contribution is 0.0922. The molecule has 1 amide bonds. The van der Waals surface area contributed by atoms with Crippen LogP contribution in [-0.4, -0.2) is 10.9 Å². The van der Waals surface area contributed by atoms with E-state index >= 15 is 0 Å². The number of rotatable bonds is 4. The van der Waals surface area contributed by atoms with Crippen molar-refractivity contribution >= 4 is 33.2 Å². The summed E-state index contributed by atoms with van der Waals surface area (Å²) in [5, 5.41) is 4.84. The number of hydrogen-bond acceptors (Lipinski definition) is 4. The molecule has 4 nitrogen and oxygen atoms in total. The maximum atomic E-state index is 11.9. The minimum atomic E-state index is -0.241. The van der Waals surface area contributed by atoms with E-state index < -0.39 is 0 Å². The van der Waals surface area contributed by atoms with Crippen LogP contribution in [0.15, 0.2) is 57.1 Å². The van der Waals surface area contributed by atoms with Crippen molar-refractivity contribution in [3.8, 4) is 10.6 Å². The summed E-state index contributed by atoms with van der Waals surface area (Å²) < 4.78 is 5.75. The van der Waals surface area contributed by atoms with Gasteiger partial charge in [0.2, 0.25) is 0 Å². The molecule has 0 saturated carbocycles. The molecule has 0 fully saturated rings. The lowest BCUT2D eigenvalue weighted by atomic mass is 10.2. The summed E-state index contributed by atoms with van der Waals surface area (Å²) in [7, 11) is 0. The predicted octanol–water partition coefficient (Wildman–Crippen LogP) is 4.10. The topological polar surface area (TPSA) is 55.1 Å². The van der Waals surface area contributed by atoms with Crippen molar-refractivity contribution < 1.29 is 9.21 Å². The second kappa shape index (κ2) is 6.24. The monoisotopic (exact) mass is 362 g/mol. The SMILES string of the molecule is O=C(NCc1ccnc(-c2cccs2)c1)c1ccc(Br)o1. The molecule has 3 aromatic heterocycles. The lowest BCUT2D eigenvalue weighted by Crippen LogP contribution is -2.22. The standard InChI is InChI=1S/C15H11BrN2O2S/c16-14-4-3-12(20-14)15(19)18-9-10-5-6-17-11(8-10)13-2-1-7-21-13/h1-8H,9H2,(H,18,19). The van der Waals surface area contributed by atoms with Gasteiger partial charge in [0.25, 0.3) is 5.91 Å². The molecular formula is C15H11BrN2O2S. The Morgan fingerprint density at radius 3 is 2.95 bits per heavy atom. The molecule has 0 radical (unpaired) electrons. The third-order valence-electron chi connectivity index (χ3n) is 2.85. The molecule has 0 aliphatic rings. The van der Waals surface area contributed by atoms with Crippen LogP contribution in [0.25, 0.3) is 10.6 Å². The molecule has 0 aliphatic carbocycles. The Kier molecular flexibility index (Phi) is 4.17. The number of carbonyl (C=O) groups is 1. The molecule has 0 aliphatic heterocycles. The summed E-state index contributed by atoms with van der Waals surface area (Å²) in [6.45, 7) is 0.429. The number of aromatic nitrogens is 1. The highest BCUT2D eigenvalue weighted by Gasteiger charge is 2.10. The van der Waals surface area contributed by atoms with Crippen LogP contribution < -0.4 is 5.32 Å².